The van der Waals surface area contributed by atoms with Crippen molar-refractivity contribution in [3.8, 4) is 0 Å². The predicted octanol–water partition coefficient (Wildman–Crippen LogP) is 1.56. The summed E-state index contributed by atoms with van der Waals surface area (Å²) in [6.45, 7) is 0.0333. The summed E-state index contributed by atoms with van der Waals surface area (Å²) in [4.78, 5) is 12.2. The minimum Gasteiger partial charge on any atom is -0.468 e. The van der Waals surface area contributed by atoms with Gasteiger partial charge in [0.15, 0.2) is 5.54 Å². The summed E-state index contributed by atoms with van der Waals surface area (Å²) in [5.41, 5.74) is -1.42. The van der Waals surface area contributed by atoms with E-state index in [0.29, 0.717) is 19.3 Å². The van der Waals surface area contributed by atoms with Gasteiger partial charge >= 0.3 is 5.97 Å². The zero-order valence-electron chi connectivity index (χ0n) is 13.1. The summed E-state index contributed by atoms with van der Waals surface area (Å²) >= 11 is 0. The first-order valence-electron chi connectivity index (χ1n) is 7.24. The minimum atomic E-state index is -4.06. The fraction of sp³-hybridized carbons (Fsp3) is 0.533. The zero-order valence-corrected chi connectivity index (χ0v) is 13.9. The predicted molar refractivity (Wildman–Crippen MR) is 80.8 cm³/mol. The van der Waals surface area contributed by atoms with Gasteiger partial charge in [-0.1, -0.05) is 6.07 Å². The lowest BCUT2D eigenvalue weighted by atomic mass is 9.89. The number of hydrogen-bond acceptors (Lipinski definition) is 5. The number of nitrogens with zero attached hydrogens (tertiary/aromatic N) is 1. The summed E-state index contributed by atoms with van der Waals surface area (Å²) < 4.78 is 50.4. The normalized spacial score (nSPS) is 22.7. The van der Waals surface area contributed by atoms with E-state index in [0.717, 1.165) is 16.4 Å². The van der Waals surface area contributed by atoms with Crippen molar-refractivity contribution in [3.05, 3.63) is 30.1 Å². The van der Waals surface area contributed by atoms with Crippen LogP contribution in [-0.4, -0.2) is 51.6 Å². The molecule has 0 N–H and O–H groups in total. The van der Waals surface area contributed by atoms with Crippen molar-refractivity contribution < 1.29 is 27.1 Å². The number of benzene rings is 1. The summed E-state index contributed by atoms with van der Waals surface area (Å²) in [7, 11) is -1.45. The Kier molecular flexibility index (Phi) is 5.38. The van der Waals surface area contributed by atoms with Crippen molar-refractivity contribution in [1.29, 1.82) is 0 Å². The van der Waals surface area contributed by atoms with Crippen molar-refractivity contribution in [1.82, 2.24) is 4.31 Å². The van der Waals surface area contributed by atoms with Gasteiger partial charge in [-0.2, -0.15) is 4.31 Å². The molecule has 6 nitrogen and oxygen atoms in total. The van der Waals surface area contributed by atoms with Crippen LogP contribution in [0, 0.1) is 5.82 Å². The molecule has 1 fully saturated rings. The van der Waals surface area contributed by atoms with Gasteiger partial charge in [-0.3, -0.25) is 0 Å². The molecule has 2 rings (SSSR count). The quantitative estimate of drug-likeness (QED) is 0.757. The molecular weight excluding hydrogens is 325 g/mol. The van der Waals surface area contributed by atoms with E-state index in [1.807, 2.05) is 0 Å². The molecule has 1 aromatic rings. The van der Waals surface area contributed by atoms with E-state index < -0.39 is 27.3 Å². The first-order chi connectivity index (χ1) is 10.9. The first kappa shape index (κ1) is 17.8. The maximum absolute atomic E-state index is 13.4. The molecule has 0 aliphatic carbocycles. The molecule has 1 heterocycles. The van der Waals surface area contributed by atoms with E-state index in [4.69, 9.17) is 9.47 Å². The Bertz CT molecular complexity index is 674. The first-order valence-corrected chi connectivity index (χ1v) is 8.68. The van der Waals surface area contributed by atoms with Crippen LogP contribution in [0.2, 0.25) is 0 Å². The number of halogens is 1. The number of piperidine rings is 1. The molecule has 1 saturated heterocycles. The second-order valence-electron chi connectivity index (χ2n) is 5.45. The highest BCUT2D eigenvalue weighted by Crippen LogP contribution is 2.35. The smallest absolute Gasteiger partial charge is 0.329 e. The molecule has 0 radical (unpaired) electrons. The monoisotopic (exact) mass is 345 g/mol. The van der Waals surface area contributed by atoms with Gasteiger partial charge in [0.25, 0.3) is 0 Å². The third-order valence-corrected chi connectivity index (χ3v) is 5.97. The maximum Gasteiger partial charge on any atom is 0.329 e. The van der Waals surface area contributed by atoms with Crippen LogP contribution in [0.1, 0.15) is 19.3 Å². The molecule has 0 amide bonds. The molecule has 8 heteroatoms. The molecule has 0 bridgehead atoms. The molecule has 0 aromatic heterocycles. The van der Waals surface area contributed by atoms with Gasteiger partial charge in [-0.05, 0) is 37.5 Å². The average Bonchev–Trinajstić information content (AvgIpc) is 2.54. The Morgan fingerprint density at radius 1 is 1.35 bits per heavy atom. The standard InChI is InChI=1S/C15H20FNO5S/c1-21-11-15(14(18)22-2)8-3-4-9-17(15)23(19,20)13-7-5-6-12(16)10-13/h5-7,10H,3-4,8-9,11H2,1-2H3. The van der Waals surface area contributed by atoms with Crippen molar-refractivity contribution in [3.63, 3.8) is 0 Å². The van der Waals surface area contributed by atoms with Gasteiger partial charge in [0, 0.05) is 13.7 Å². The summed E-state index contributed by atoms with van der Waals surface area (Å²) in [5, 5.41) is 0. The van der Waals surface area contributed by atoms with Crippen LogP contribution in [0.15, 0.2) is 29.2 Å². The molecule has 1 atom stereocenters. The Morgan fingerprint density at radius 3 is 2.70 bits per heavy atom. The summed E-state index contributed by atoms with van der Waals surface area (Å²) in [6, 6.07) is 4.74. The lowest BCUT2D eigenvalue weighted by Gasteiger charge is -2.43. The van der Waals surface area contributed by atoms with E-state index in [1.165, 1.54) is 26.4 Å². The van der Waals surface area contributed by atoms with Gasteiger partial charge < -0.3 is 9.47 Å². The SMILES string of the molecule is COCC1(C(=O)OC)CCCCN1S(=O)(=O)c1cccc(F)c1. The number of ether oxygens (including phenoxy) is 2. The zero-order chi connectivity index (χ0) is 17.1. The molecule has 0 saturated carbocycles. The van der Waals surface area contributed by atoms with E-state index in [1.54, 1.807) is 0 Å². The van der Waals surface area contributed by atoms with Crippen molar-refractivity contribution in [2.45, 2.75) is 29.7 Å². The lowest BCUT2D eigenvalue weighted by Crippen LogP contribution is -2.62. The van der Waals surface area contributed by atoms with Crippen LogP contribution in [0.4, 0.5) is 4.39 Å². The third-order valence-electron chi connectivity index (χ3n) is 4.01. The molecule has 23 heavy (non-hydrogen) atoms. The van der Waals surface area contributed by atoms with E-state index in [2.05, 4.69) is 0 Å². The van der Waals surface area contributed by atoms with E-state index >= 15 is 0 Å². The summed E-state index contributed by atoms with van der Waals surface area (Å²) in [5.74, 6) is -1.32. The lowest BCUT2D eigenvalue weighted by molar-refractivity contribution is -0.157. The van der Waals surface area contributed by atoms with Crippen LogP contribution in [0.5, 0.6) is 0 Å². The number of rotatable bonds is 5. The average molecular weight is 345 g/mol. The Morgan fingerprint density at radius 2 is 2.09 bits per heavy atom. The van der Waals surface area contributed by atoms with Crippen LogP contribution >= 0.6 is 0 Å². The largest absolute Gasteiger partial charge is 0.468 e. The Labute approximate surface area is 135 Å². The molecule has 1 aromatic carbocycles. The van der Waals surface area contributed by atoms with Gasteiger partial charge in [-0.25, -0.2) is 17.6 Å². The van der Waals surface area contributed by atoms with Crippen molar-refractivity contribution in [2.24, 2.45) is 0 Å². The minimum absolute atomic E-state index is 0.117. The van der Waals surface area contributed by atoms with Crippen LogP contribution in [0.3, 0.4) is 0 Å². The number of hydrogen-bond donors (Lipinski definition) is 0. The highest BCUT2D eigenvalue weighted by Gasteiger charge is 2.52. The number of sulfonamides is 1. The number of esters is 1. The van der Waals surface area contributed by atoms with Gasteiger partial charge in [0.05, 0.1) is 18.6 Å². The van der Waals surface area contributed by atoms with Gasteiger partial charge in [0.1, 0.15) is 5.82 Å². The second kappa shape index (κ2) is 6.94. The number of carbonyl (C=O) groups is 1. The molecule has 0 spiro atoms. The fourth-order valence-electron chi connectivity index (χ4n) is 2.95. The van der Waals surface area contributed by atoms with Crippen LogP contribution < -0.4 is 0 Å². The van der Waals surface area contributed by atoms with Crippen molar-refractivity contribution >= 4 is 16.0 Å². The van der Waals surface area contributed by atoms with E-state index in [-0.39, 0.29) is 18.0 Å². The van der Waals surface area contributed by atoms with Crippen LogP contribution in [0.25, 0.3) is 0 Å². The molecule has 1 unspecified atom stereocenters. The van der Waals surface area contributed by atoms with Crippen molar-refractivity contribution in [2.75, 3.05) is 27.4 Å². The summed E-state index contributed by atoms with van der Waals surface area (Å²) in [6.07, 6.45) is 1.58. The fourth-order valence-corrected chi connectivity index (χ4v) is 4.77. The highest BCUT2D eigenvalue weighted by molar-refractivity contribution is 7.89. The topological polar surface area (TPSA) is 72.9 Å². The third kappa shape index (κ3) is 3.24. The van der Waals surface area contributed by atoms with Crippen LogP contribution in [-0.2, 0) is 24.3 Å². The van der Waals surface area contributed by atoms with Gasteiger partial charge in [-0.15, -0.1) is 0 Å². The molecule has 128 valence electrons. The molecule has 1 aliphatic rings. The number of carbonyl (C=O) groups excluding carboxylic acids is 1. The maximum atomic E-state index is 13.4. The van der Waals surface area contributed by atoms with Gasteiger partial charge in [0.2, 0.25) is 10.0 Å². The Balaban J connectivity index is 2.53. The number of methoxy groups -OCH3 is 2. The second-order valence-corrected chi connectivity index (χ2v) is 7.31. The highest BCUT2D eigenvalue weighted by atomic mass is 32.2. The molecule has 1 aliphatic heterocycles. The Hall–Kier alpha value is -1.51. The van der Waals surface area contributed by atoms with E-state index in [9.17, 15) is 17.6 Å². The molecular formula is C15H20FNO5S.